The third kappa shape index (κ3) is 5.75. The van der Waals surface area contributed by atoms with Gasteiger partial charge >= 0.3 is 0 Å². The van der Waals surface area contributed by atoms with Crippen LogP contribution in [0.2, 0.25) is 0 Å². The average Bonchev–Trinajstić information content (AvgIpc) is 3.14. The van der Waals surface area contributed by atoms with Crippen molar-refractivity contribution in [2.45, 2.75) is 38.8 Å². The van der Waals surface area contributed by atoms with Crippen molar-refractivity contribution in [3.05, 3.63) is 30.3 Å². The molecule has 2 atom stereocenters. The van der Waals surface area contributed by atoms with Gasteiger partial charge in [-0.05, 0) is 44.7 Å². The maximum Gasteiger partial charge on any atom is 0.246 e. The molecule has 0 radical (unpaired) electrons. The molecule has 1 aromatic rings. The zero-order valence-electron chi connectivity index (χ0n) is 15.4. The number of amides is 2. The number of benzene rings is 1. The average molecular weight is 364 g/mol. The van der Waals surface area contributed by atoms with E-state index in [9.17, 15) is 9.59 Å². The summed E-state index contributed by atoms with van der Waals surface area (Å²) >= 11 is 1.94. The molecule has 1 saturated heterocycles. The Morgan fingerprint density at radius 2 is 2.04 bits per heavy atom. The van der Waals surface area contributed by atoms with E-state index in [1.54, 1.807) is 11.8 Å². The van der Waals surface area contributed by atoms with Gasteiger partial charge in [0.2, 0.25) is 11.8 Å². The second-order valence-electron chi connectivity index (χ2n) is 6.55. The predicted molar refractivity (Wildman–Crippen MR) is 105 cm³/mol. The van der Waals surface area contributed by atoms with Gasteiger partial charge in [0.05, 0.1) is 6.54 Å². The number of anilines is 1. The van der Waals surface area contributed by atoms with Gasteiger partial charge in [0.15, 0.2) is 0 Å². The number of rotatable bonds is 8. The summed E-state index contributed by atoms with van der Waals surface area (Å²) < 4.78 is 0. The highest BCUT2D eigenvalue weighted by Gasteiger charge is 2.28. The number of carbonyl (C=O) groups is 2. The number of hydrogen-bond acceptors (Lipinski definition) is 4. The zero-order valence-corrected chi connectivity index (χ0v) is 16.2. The molecular formula is C19H29N3O2S. The van der Waals surface area contributed by atoms with Crippen molar-refractivity contribution in [1.82, 2.24) is 9.80 Å². The second-order valence-corrected chi connectivity index (χ2v) is 7.70. The molecule has 0 aliphatic carbocycles. The Kier molecular flexibility index (Phi) is 7.78. The second kappa shape index (κ2) is 9.82. The molecule has 25 heavy (non-hydrogen) atoms. The summed E-state index contributed by atoms with van der Waals surface area (Å²) in [5, 5.41) is 2.89. The minimum Gasteiger partial charge on any atom is -0.330 e. The number of thioether (sulfide) groups is 1. The van der Waals surface area contributed by atoms with Crippen molar-refractivity contribution in [3.63, 3.8) is 0 Å². The van der Waals surface area contributed by atoms with Crippen molar-refractivity contribution < 1.29 is 9.59 Å². The Morgan fingerprint density at radius 1 is 1.32 bits per heavy atom. The molecule has 2 rings (SSSR count). The number of nitrogens with one attached hydrogen (secondary N) is 1. The monoisotopic (exact) mass is 363 g/mol. The molecule has 1 aliphatic rings. The molecule has 1 heterocycles. The SMILES string of the molecule is CCCN(C(=O)CN(C)[C@@H]1CCSC1)[C@@H](C)C(=O)Nc1ccccc1. The lowest BCUT2D eigenvalue weighted by Crippen LogP contribution is -2.50. The summed E-state index contributed by atoms with van der Waals surface area (Å²) in [7, 11) is 2.01. The highest BCUT2D eigenvalue weighted by atomic mass is 32.2. The van der Waals surface area contributed by atoms with Crippen LogP contribution in [0.25, 0.3) is 0 Å². The first-order valence-corrected chi connectivity index (χ1v) is 10.1. The van der Waals surface area contributed by atoms with Gasteiger partial charge in [0.25, 0.3) is 0 Å². The van der Waals surface area contributed by atoms with Crippen LogP contribution >= 0.6 is 11.8 Å². The minimum atomic E-state index is -0.487. The fourth-order valence-corrected chi connectivity index (χ4v) is 4.29. The lowest BCUT2D eigenvalue weighted by molar-refractivity contribution is -0.139. The summed E-state index contributed by atoms with van der Waals surface area (Å²) in [6, 6.07) is 9.34. The molecule has 6 heteroatoms. The fourth-order valence-electron chi connectivity index (χ4n) is 2.99. The van der Waals surface area contributed by atoms with Gasteiger partial charge < -0.3 is 10.2 Å². The van der Waals surface area contributed by atoms with Crippen molar-refractivity contribution in [2.75, 3.05) is 37.0 Å². The van der Waals surface area contributed by atoms with Crippen LogP contribution in [0.5, 0.6) is 0 Å². The van der Waals surface area contributed by atoms with Gasteiger partial charge in [0, 0.05) is 24.0 Å². The number of para-hydroxylation sites is 1. The molecule has 1 fully saturated rings. The largest absolute Gasteiger partial charge is 0.330 e. The van der Waals surface area contributed by atoms with E-state index in [0.717, 1.165) is 30.0 Å². The van der Waals surface area contributed by atoms with Gasteiger partial charge in [-0.1, -0.05) is 25.1 Å². The third-order valence-electron chi connectivity index (χ3n) is 4.59. The van der Waals surface area contributed by atoms with Gasteiger partial charge in [-0.25, -0.2) is 0 Å². The lowest BCUT2D eigenvalue weighted by Gasteiger charge is -2.31. The summed E-state index contributed by atoms with van der Waals surface area (Å²) in [5.74, 6) is 2.13. The summed E-state index contributed by atoms with van der Waals surface area (Å²) in [6.45, 7) is 4.79. The first-order chi connectivity index (χ1) is 12.0. The van der Waals surface area contributed by atoms with Gasteiger partial charge in [-0.15, -0.1) is 0 Å². The highest BCUT2D eigenvalue weighted by molar-refractivity contribution is 7.99. The summed E-state index contributed by atoms with van der Waals surface area (Å²) in [4.78, 5) is 29.2. The van der Waals surface area contributed by atoms with E-state index in [2.05, 4.69) is 10.2 Å². The molecular weight excluding hydrogens is 334 g/mol. The molecule has 0 bridgehead atoms. The molecule has 138 valence electrons. The number of carbonyl (C=O) groups excluding carboxylic acids is 2. The Hall–Kier alpha value is -1.53. The zero-order chi connectivity index (χ0) is 18.2. The molecule has 0 aromatic heterocycles. The normalized spacial score (nSPS) is 18.2. The summed E-state index contributed by atoms with van der Waals surface area (Å²) in [6.07, 6.45) is 1.96. The van der Waals surface area contributed by atoms with Crippen LogP contribution < -0.4 is 5.32 Å². The molecule has 1 aromatic carbocycles. The maximum absolute atomic E-state index is 12.8. The smallest absolute Gasteiger partial charge is 0.246 e. The van der Waals surface area contributed by atoms with E-state index in [-0.39, 0.29) is 11.8 Å². The molecule has 0 unspecified atom stereocenters. The Bertz CT molecular complexity index is 561. The van der Waals surface area contributed by atoms with Gasteiger partial charge in [-0.3, -0.25) is 14.5 Å². The van der Waals surface area contributed by atoms with E-state index in [1.807, 2.05) is 56.1 Å². The van der Waals surface area contributed by atoms with E-state index in [0.29, 0.717) is 19.1 Å². The number of hydrogen-bond donors (Lipinski definition) is 1. The van der Waals surface area contributed by atoms with Crippen molar-refractivity contribution in [3.8, 4) is 0 Å². The van der Waals surface area contributed by atoms with E-state index in [1.165, 1.54) is 0 Å². The van der Waals surface area contributed by atoms with Gasteiger partial charge in [0.1, 0.15) is 6.04 Å². The predicted octanol–water partition coefficient (Wildman–Crippen LogP) is 2.69. The number of nitrogens with zero attached hydrogens (tertiary/aromatic N) is 2. The Morgan fingerprint density at radius 3 is 2.64 bits per heavy atom. The number of likely N-dealkylation sites (N-methyl/N-ethyl adjacent to an activating group) is 1. The fraction of sp³-hybridized carbons (Fsp3) is 0.579. The Balaban J connectivity index is 1.96. The van der Waals surface area contributed by atoms with Crippen LogP contribution in [0.1, 0.15) is 26.7 Å². The quantitative estimate of drug-likeness (QED) is 0.772. The van der Waals surface area contributed by atoms with Crippen LogP contribution in [0, 0.1) is 0 Å². The third-order valence-corrected chi connectivity index (χ3v) is 5.73. The molecule has 1 aliphatic heterocycles. The summed E-state index contributed by atoms with van der Waals surface area (Å²) in [5.41, 5.74) is 0.753. The topological polar surface area (TPSA) is 52.7 Å². The first-order valence-electron chi connectivity index (χ1n) is 8.96. The standard InChI is InChI=1S/C19H29N3O2S/c1-4-11-22(18(23)13-21(3)17-10-12-25-14-17)15(2)19(24)20-16-8-6-5-7-9-16/h5-9,15,17H,4,10-14H2,1-3H3,(H,20,24)/t15-,17+/m0/s1. The van der Waals surface area contributed by atoms with Crippen molar-refractivity contribution in [2.24, 2.45) is 0 Å². The van der Waals surface area contributed by atoms with Crippen molar-refractivity contribution >= 4 is 29.3 Å². The molecule has 5 nitrogen and oxygen atoms in total. The molecule has 2 amide bonds. The van der Waals surface area contributed by atoms with Crippen LogP contribution in [-0.2, 0) is 9.59 Å². The van der Waals surface area contributed by atoms with Crippen LogP contribution in [-0.4, -0.2) is 65.3 Å². The minimum absolute atomic E-state index is 0.0250. The van der Waals surface area contributed by atoms with Crippen molar-refractivity contribution in [1.29, 1.82) is 0 Å². The Labute approximate surface area is 155 Å². The maximum atomic E-state index is 12.8. The van der Waals surface area contributed by atoms with Gasteiger partial charge in [-0.2, -0.15) is 11.8 Å². The molecule has 1 N–H and O–H groups in total. The highest BCUT2D eigenvalue weighted by Crippen LogP contribution is 2.21. The first kappa shape index (κ1) is 19.8. The van der Waals surface area contributed by atoms with E-state index in [4.69, 9.17) is 0 Å². The van der Waals surface area contributed by atoms with E-state index >= 15 is 0 Å². The van der Waals surface area contributed by atoms with Crippen LogP contribution in [0.4, 0.5) is 5.69 Å². The molecule has 0 saturated carbocycles. The van der Waals surface area contributed by atoms with E-state index < -0.39 is 6.04 Å². The van der Waals surface area contributed by atoms with Crippen LogP contribution in [0.15, 0.2) is 30.3 Å². The lowest BCUT2D eigenvalue weighted by atomic mass is 10.2. The molecule has 0 spiro atoms. The van der Waals surface area contributed by atoms with Crippen LogP contribution in [0.3, 0.4) is 0 Å².